The van der Waals surface area contributed by atoms with Gasteiger partial charge in [-0.05, 0) is 43.7 Å². The number of fused-ring (bicyclic) bond motifs is 1. The summed E-state index contributed by atoms with van der Waals surface area (Å²) >= 11 is 1.44. The summed E-state index contributed by atoms with van der Waals surface area (Å²) in [4.78, 5) is 30.9. The van der Waals surface area contributed by atoms with Crippen LogP contribution in [0.1, 0.15) is 35.9 Å². The van der Waals surface area contributed by atoms with Crippen molar-refractivity contribution in [2.45, 2.75) is 45.7 Å². The maximum atomic E-state index is 12.5. The van der Waals surface area contributed by atoms with E-state index in [0.29, 0.717) is 13.2 Å². The minimum Gasteiger partial charge on any atom is -0.325 e. The van der Waals surface area contributed by atoms with Gasteiger partial charge in [-0.3, -0.25) is 24.0 Å². The van der Waals surface area contributed by atoms with E-state index < -0.39 is 0 Å². The SMILES string of the molecule is CCc1ccccc1NC(=O)CN1CCN(Cn2c3c(sc2=O)CCCC3)CC1. The molecule has 1 aliphatic heterocycles. The molecule has 1 aliphatic carbocycles. The molecular formula is C22H30N4O2S. The van der Waals surface area contributed by atoms with Gasteiger partial charge >= 0.3 is 4.87 Å². The fraction of sp³-hybridized carbons (Fsp3) is 0.545. The zero-order valence-electron chi connectivity index (χ0n) is 17.2. The third-order valence-corrected chi connectivity index (χ3v) is 7.07. The molecule has 1 aromatic carbocycles. The van der Waals surface area contributed by atoms with E-state index in [0.717, 1.165) is 56.7 Å². The highest BCUT2D eigenvalue weighted by Gasteiger charge is 2.23. The Labute approximate surface area is 176 Å². The molecular weight excluding hydrogens is 384 g/mol. The number of anilines is 1. The van der Waals surface area contributed by atoms with Crippen molar-refractivity contribution < 1.29 is 4.79 Å². The van der Waals surface area contributed by atoms with Gasteiger partial charge in [0.1, 0.15) is 0 Å². The van der Waals surface area contributed by atoms with E-state index in [-0.39, 0.29) is 10.8 Å². The van der Waals surface area contributed by atoms with Gasteiger partial charge in [-0.1, -0.05) is 36.5 Å². The Bertz CT molecular complexity index is 912. The van der Waals surface area contributed by atoms with Crippen LogP contribution in [0.2, 0.25) is 0 Å². The number of hydrogen-bond acceptors (Lipinski definition) is 5. The lowest BCUT2D eigenvalue weighted by Gasteiger charge is -2.34. The smallest absolute Gasteiger partial charge is 0.308 e. The van der Waals surface area contributed by atoms with Crippen LogP contribution >= 0.6 is 11.3 Å². The summed E-state index contributed by atoms with van der Waals surface area (Å²) < 4.78 is 1.99. The molecule has 2 heterocycles. The van der Waals surface area contributed by atoms with Gasteiger partial charge in [0.05, 0.1) is 13.2 Å². The van der Waals surface area contributed by atoms with Crippen molar-refractivity contribution in [2.24, 2.45) is 0 Å². The standard InChI is InChI=1S/C22H30N4O2S/c1-2-17-7-3-4-8-18(17)23-21(27)15-24-11-13-25(14-12-24)16-26-19-9-5-6-10-20(19)29-22(26)28/h3-4,7-8H,2,5-6,9-16H2,1H3,(H,23,27). The number of carbonyl (C=O) groups excluding carboxylic acids is 1. The molecule has 7 heteroatoms. The highest BCUT2D eigenvalue weighted by molar-refractivity contribution is 7.09. The second kappa shape index (κ2) is 9.24. The van der Waals surface area contributed by atoms with Gasteiger partial charge in [0.2, 0.25) is 5.91 Å². The van der Waals surface area contributed by atoms with Crippen molar-refractivity contribution in [1.82, 2.24) is 14.4 Å². The van der Waals surface area contributed by atoms with Crippen LogP contribution in [-0.4, -0.2) is 53.0 Å². The second-order valence-corrected chi connectivity index (χ2v) is 9.01. The van der Waals surface area contributed by atoms with E-state index in [1.165, 1.54) is 34.7 Å². The number of rotatable bonds is 6. The number of benzene rings is 1. The molecule has 156 valence electrons. The Morgan fingerprint density at radius 1 is 1.07 bits per heavy atom. The first-order chi connectivity index (χ1) is 14.1. The number of nitrogens with zero attached hydrogens (tertiary/aromatic N) is 3. The van der Waals surface area contributed by atoms with E-state index in [4.69, 9.17) is 0 Å². The van der Waals surface area contributed by atoms with Crippen molar-refractivity contribution in [3.05, 3.63) is 50.1 Å². The highest BCUT2D eigenvalue weighted by Crippen LogP contribution is 2.23. The topological polar surface area (TPSA) is 57.6 Å². The third-order valence-electron chi connectivity index (χ3n) is 5.99. The molecule has 2 aliphatic rings. The third kappa shape index (κ3) is 4.79. The molecule has 0 bridgehead atoms. The lowest BCUT2D eigenvalue weighted by molar-refractivity contribution is -0.117. The Morgan fingerprint density at radius 3 is 2.59 bits per heavy atom. The Morgan fingerprint density at radius 2 is 1.79 bits per heavy atom. The summed E-state index contributed by atoms with van der Waals surface area (Å²) in [6.45, 7) is 6.67. The maximum absolute atomic E-state index is 12.5. The summed E-state index contributed by atoms with van der Waals surface area (Å²) in [6.07, 6.45) is 5.39. The van der Waals surface area contributed by atoms with Gasteiger partial charge in [0.25, 0.3) is 0 Å². The number of thiazole rings is 1. The van der Waals surface area contributed by atoms with E-state index in [2.05, 4.69) is 28.1 Å². The first-order valence-electron chi connectivity index (χ1n) is 10.7. The van der Waals surface area contributed by atoms with Crippen molar-refractivity contribution >= 4 is 22.9 Å². The average Bonchev–Trinajstić information content (AvgIpc) is 3.05. The molecule has 1 aromatic heterocycles. The number of nitrogens with one attached hydrogen (secondary N) is 1. The van der Waals surface area contributed by atoms with E-state index in [9.17, 15) is 9.59 Å². The van der Waals surface area contributed by atoms with Gasteiger partial charge in [0.15, 0.2) is 0 Å². The van der Waals surface area contributed by atoms with E-state index in [1.807, 2.05) is 22.8 Å². The van der Waals surface area contributed by atoms with Crippen LogP contribution < -0.4 is 10.2 Å². The molecule has 0 saturated carbocycles. The molecule has 4 rings (SSSR count). The lowest BCUT2D eigenvalue weighted by atomic mass is 10.0. The summed E-state index contributed by atoms with van der Waals surface area (Å²) in [5.41, 5.74) is 3.35. The van der Waals surface area contributed by atoms with E-state index >= 15 is 0 Å². The summed E-state index contributed by atoms with van der Waals surface area (Å²) in [5, 5.41) is 3.06. The zero-order valence-corrected chi connectivity index (χ0v) is 18.0. The van der Waals surface area contributed by atoms with Crippen LogP contribution in [0.3, 0.4) is 0 Å². The molecule has 0 unspecified atom stereocenters. The average molecular weight is 415 g/mol. The van der Waals surface area contributed by atoms with Crippen LogP contribution in [0, 0.1) is 0 Å². The zero-order chi connectivity index (χ0) is 20.2. The minimum atomic E-state index is 0.0440. The van der Waals surface area contributed by atoms with Crippen molar-refractivity contribution in [2.75, 3.05) is 38.0 Å². The maximum Gasteiger partial charge on any atom is 0.308 e. The van der Waals surface area contributed by atoms with Crippen LogP contribution in [-0.2, 0) is 30.7 Å². The van der Waals surface area contributed by atoms with Crippen LogP contribution in [0.5, 0.6) is 0 Å². The predicted octanol–water partition coefficient (Wildman–Crippen LogP) is 2.56. The molecule has 1 amide bonds. The molecule has 0 radical (unpaired) electrons. The number of para-hydroxylation sites is 1. The van der Waals surface area contributed by atoms with Gasteiger partial charge in [-0.2, -0.15) is 0 Å². The number of aromatic nitrogens is 1. The van der Waals surface area contributed by atoms with Crippen molar-refractivity contribution in [3.63, 3.8) is 0 Å². The normalized spacial score (nSPS) is 17.8. The first-order valence-corrected chi connectivity index (χ1v) is 11.5. The molecule has 6 nitrogen and oxygen atoms in total. The highest BCUT2D eigenvalue weighted by atomic mass is 32.1. The van der Waals surface area contributed by atoms with Gasteiger partial charge in [-0.15, -0.1) is 0 Å². The lowest BCUT2D eigenvalue weighted by Crippen LogP contribution is -2.49. The monoisotopic (exact) mass is 414 g/mol. The summed E-state index contributed by atoms with van der Waals surface area (Å²) in [5.74, 6) is 0.0440. The fourth-order valence-corrected chi connectivity index (χ4v) is 5.37. The van der Waals surface area contributed by atoms with Crippen molar-refractivity contribution in [1.29, 1.82) is 0 Å². The van der Waals surface area contributed by atoms with Gasteiger partial charge in [-0.25, -0.2) is 0 Å². The van der Waals surface area contributed by atoms with Gasteiger partial charge in [0, 0.05) is 42.4 Å². The second-order valence-electron chi connectivity index (χ2n) is 7.97. The molecule has 2 aromatic rings. The predicted molar refractivity (Wildman–Crippen MR) is 118 cm³/mol. The molecule has 0 atom stereocenters. The number of carbonyl (C=O) groups is 1. The summed E-state index contributed by atoms with van der Waals surface area (Å²) in [6, 6.07) is 7.98. The number of amides is 1. The fourth-order valence-electron chi connectivity index (χ4n) is 4.30. The molecule has 1 fully saturated rings. The van der Waals surface area contributed by atoms with E-state index in [1.54, 1.807) is 0 Å². The largest absolute Gasteiger partial charge is 0.325 e. The first kappa shape index (κ1) is 20.3. The molecule has 29 heavy (non-hydrogen) atoms. The minimum absolute atomic E-state index is 0.0440. The van der Waals surface area contributed by atoms with Crippen molar-refractivity contribution in [3.8, 4) is 0 Å². The quantitative estimate of drug-likeness (QED) is 0.789. The Hall–Kier alpha value is -1.96. The number of hydrogen-bond donors (Lipinski definition) is 1. The van der Waals surface area contributed by atoms with Gasteiger partial charge < -0.3 is 5.32 Å². The number of piperazine rings is 1. The molecule has 1 saturated heterocycles. The Balaban J connectivity index is 1.28. The number of aryl methyl sites for hydroxylation is 2. The van der Waals surface area contributed by atoms with Crippen LogP contribution in [0.15, 0.2) is 29.1 Å². The Kier molecular flexibility index (Phi) is 6.47. The molecule has 0 spiro atoms. The summed E-state index contributed by atoms with van der Waals surface area (Å²) in [7, 11) is 0. The van der Waals surface area contributed by atoms with Crippen LogP contribution in [0.4, 0.5) is 5.69 Å². The molecule has 1 N–H and O–H groups in total. The van der Waals surface area contributed by atoms with Crippen LogP contribution in [0.25, 0.3) is 0 Å².